The smallest absolute Gasteiger partial charge is 0.307 e. The Morgan fingerprint density at radius 1 is 1.47 bits per heavy atom. The average Bonchev–Trinajstić information content (AvgIpc) is 2.15. The van der Waals surface area contributed by atoms with Gasteiger partial charge in [-0.15, -0.1) is 0 Å². The lowest BCUT2D eigenvalue weighted by Crippen LogP contribution is -2.17. The SMILES string of the molecule is CC(=O)NP(=O)(O)OSC1CCCCC1. The number of nitrogens with one attached hydrogen (secondary N) is 1. The molecule has 88 valence electrons. The van der Waals surface area contributed by atoms with Crippen LogP contribution in [-0.2, 0) is 13.3 Å². The van der Waals surface area contributed by atoms with Crippen molar-refractivity contribution in [1.82, 2.24) is 5.09 Å². The molecule has 0 spiro atoms. The van der Waals surface area contributed by atoms with Gasteiger partial charge in [-0.1, -0.05) is 19.3 Å². The summed E-state index contributed by atoms with van der Waals surface area (Å²) in [5.74, 6) is -0.565. The minimum absolute atomic E-state index is 0.271. The normalized spacial score (nSPS) is 22.0. The molecule has 2 N–H and O–H groups in total. The van der Waals surface area contributed by atoms with Crippen molar-refractivity contribution < 1.29 is 18.2 Å². The number of hydrogen-bond acceptors (Lipinski definition) is 4. The van der Waals surface area contributed by atoms with Gasteiger partial charge >= 0.3 is 7.75 Å². The molecular formula is C8H16NO4PS. The van der Waals surface area contributed by atoms with E-state index in [0.29, 0.717) is 0 Å². The van der Waals surface area contributed by atoms with E-state index in [-0.39, 0.29) is 5.25 Å². The van der Waals surface area contributed by atoms with Crippen LogP contribution in [0, 0.1) is 0 Å². The summed E-state index contributed by atoms with van der Waals surface area (Å²) >= 11 is 1.02. The average molecular weight is 253 g/mol. The maximum Gasteiger partial charge on any atom is 0.443 e. The summed E-state index contributed by atoms with van der Waals surface area (Å²) in [6.45, 7) is 1.18. The van der Waals surface area contributed by atoms with Gasteiger partial charge in [-0.2, -0.15) is 0 Å². The van der Waals surface area contributed by atoms with Crippen LogP contribution >= 0.6 is 19.8 Å². The lowest BCUT2D eigenvalue weighted by atomic mass is 10.0. The van der Waals surface area contributed by atoms with E-state index in [1.54, 1.807) is 0 Å². The third-order valence-electron chi connectivity index (χ3n) is 2.13. The van der Waals surface area contributed by atoms with E-state index >= 15 is 0 Å². The highest BCUT2D eigenvalue weighted by molar-refractivity contribution is 7.98. The first-order chi connectivity index (χ1) is 6.99. The fourth-order valence-electron chi connectivity index (χ4n) is 1.50. The van der Waals surface area contributed by atoms with Crippen molar-refractivity contribution in [3.8, 4) is 0 Å². The molecule has 0 aromatic carbocycles. The van der Waals surface area contributed by atoms with E-state index in [1.165, 1.54) is 13.3 Å². The summed E-state index contributed by atoms with van der Waals surface area (Å²) in [5, 5.41) is 2.16. The first-order valence-electron chi connectivity index (χ1n) is 4.96. The monoisotopic (exact) mass is 253 g/mol. The minimum atomic E-state index is -3.95. The predicted molar refractivity (Wildman–Crippen MR) is 59.2 cm³/mol. The summed E-state index contributed by atoms with van der Waals surface area (Å²) < 4.78 is 16.0. The van der Waals surface area contributed by atoms with E-state index in [1.807, 2.05) is 5.09 Å². The molecule has 1 aliphatic rings. The molecule has 0 radical (unpaired) electrons. The maximum absolute atomic E-state index is 11.2. The van der Waals surface area contributed by atoms with Gasteiger partial charge in [0.15, 0.2) is 0 Å². The Morgan fingerprint density at radius 3 is 2.60 bits per heavy atom. The van der Waals surface area contributed by atoms with Crippen LogP contribution in [0.5, 0.6) is 0 Å². The molecule has 1 fully saturated rings. The molecule has 7 heteroatoms. The Hall–Kier alpha value is -0.0300. The van der Waals surface area contributed by atoms with Gasteiger partial charge in [0.2, 0.25) is 5.91 Å². The molecule has 1 rings (SSSR count). The molecule has 15 heavy (non-hydrogen) atoms. The van der Waals surface area contributed by atoms with E-state index in [2.05, 4.69) is 0 Å². The molecule has 0 bridgehead atoms. The second-order valence-corrected chi connectivity index (χ2v) is 6.34. The zero-order chi connectivity index (χ0) is 11.3. The van der Waals surface area contributed by atoms with E-state index in [9.17, 15) is 14.3 Å². The van der Waals surface area contributed by atoms with Crippen molar-refractivity contribution in [3.63, 3.8) is 0 Å². The fourth-order valence-corrected chi connectivity index (χ4v) is 3.52. The molecule has 1 unspecified atom stereocenters. The van der Waals surface area contributed by atoms with Crippen molar-refractivity contribution in [1.29, 1.82) is 0 Å². The molecular weight excluding hydrogens is 237 g/mol. The van der Waals surface area contributed by atoms with Crippen LogP contribution in [-0.4, -0.2) is 16.1 Å². The van der Waals surface area contributed by atoms with E-state index in [0.717, 1.165) is 37.7 Å². The Labute approximate surface area is 93.8 Å². The van der Waals surface area contributed by atoms with Crippen LogP contribution < -0.4 is 5.09 Å². The lowest BCUT2D eigenvalue weighted by Gasteiger charge is -2.21. The third-order valence-corrected chi connectivity index (χ3v) is 4.62. The zero-order valence-corrected chi connectivity index (χ0v) is 10.4. The van der Waals surface area contributed by atoms with Gasteiger partial charge in [-0.3, -0.25) is 9.88 Å². The van der Waals surface area contributed by atoms with Crippen molar-refractivity contribution in [2.75, 3.05) is 0 Å². The van der Waals surface area contributed by atoms with Crippen LogP contribution in [0.1, 0.15) is 39.0 Å². The predicted octanol–water partition coefficient (Wildman–Crippen LogP) is 2.22. The Kier molecular flexibility index (Phi) is 5.12. The number of amides is 1. The highest BCUT2D eigenvalue weighted by atomic mass is 32.2. The van der Waals surface area contributed by atoms with Crippen LogP contribution in [0.4, 0.5) is 0 Å². The number of rotatable bonds is 4. The first kappa shape index (κ1) is 13.0. The van der Waals surface area contributed by atoms with Crippen LogP contribution in [0.3, 0.4) is 0 Å². The molecule has 0 saturated heterocycles. The van der Waals surface area contributed by atoms with Gasteiger partial charge in [0.05, 0.1) is 0 Å². The molecule has 5 nitrogen and oxygen atoms in total. The number of carbonyl (C=O) groups is 1. The summed E-state index contributed by atoms with van der Waals surface area (Å²) in [4.78, 5) is 19.8. The maximum atomic E-state index is 11.2. The summed E-state index contributed by atoms with van der Waals surface area (Å²) in [7, 11) is -3.95. The zero-order valence-electron chi connectivity index (χ0n) is 8.64. The standard InChI is InChI=1S/C8H16NO4PS/c1-7(10)9-14(11,12)13-15-8-5-3-2-4-6-8/h8H,2-6H2,1H3,(H2,9,10,11,12). The molecule has 0 heterocycles. The number of hydrogen-bond donors (Lipinski definition) is 2. The molecule has 0 aromatic heterocycles. The van der Waals surface area contributed by atoms with Crippen LogP contribution in [0.15, 0.2) is 0 Å². The molecule has 0 aliphatic heterocycles. The van der Waals surface area contributed by atoms with E-state index < -0.39 is 13.7 Å². The van der Waals surface area contributed by atoms with Crippen molar-refractivity contribution in [2.24, 2.45) is 0 Å². The molecule has 1 saturated carbocycles. The summed E-state index contributed by atoms with van der Waals surface area (Å²) in [6.07, 6.45) is 5.50. The largest absolute Gasteiger partial charge is 0.443 e. The minimum Gasteiger partial charge on any atom is -0.307 e. The molecule has 1 amide bonds. The Morgan fingerprint density at radius 2 is 2.07 bits per heavy atom. The van der Waals surface area contributed by atoms with Crippen molar-refractivity contribution in [2.45, 2.75) is 44.3 Å². The van der Waals surface area contributed by atoms with Gasteiger partial charge in [-0.25, -0.2) is 8.54 Å². The first-order valence-corrected chi connectivity index (χ1v) is 7.34. The van der Waals surface area contributed by atoms with Gasteiger partial charge in [0, 0.05) is 24.2 Å². The lowest BCUT2D eigenvalue weighted by molar-refractivity contribution is -0.117. The molecule has 1 aliphatic carbocycles. The topological polar surface area (TPSA) is 75.6 Å². The third kappa shape index (κ3) is 5.56. The van der Waals surface area contributed by atoms with Gasteiger partial charge in [0.25, 0.3) is 0 Å². The molecule has 0 aromatic rings. The van der Waals surface area contributed by atoms with E-state index in [4.69, 9.17) is 3.97 Å². The second kappa shape index (κ2) is 5.89. The van der Waals surface area contributed by atoms with Crippen molar-refractivity contribution >= 4 is 25.7 Å². The quantitative estimate of drug-likeness (QED) is 0.593. The van der Waals surface area contributed by atoms with Crippen LogP contribution in [0.25, 0.3) is 0 Å². The van der Waals surface area contributed by atoms with Gasteiger partial charge in [0.1, 0.15) is 0 Å². The fraction of sp³-hybridized carbons (Fsp3) is 0.875. The number of carbonyl (C=O) groups excluding carboxylic acids is 1. The van der Waals surface area contributed by atoms with Crippen molar-refractivity contribution in [3.05, 3.63) is 0 Å². The second-order valence-electron chi connectivity index (χ2n) is 3.62. The van der Waals surface area contributed by atoms with Gasteiger partial charge in [-0.05, 0) is 12.8 Å². The summed E-state index contributed by atoms with van der Waals surface area (Å²) in [6, 6.07) is 0. The van der Waals surface area contributed by atoms with Crippen LogP contribution in [0.2, 0.25) is 0 Å². The Bertz CT molecular complexity index is 267. The Balaban J connectivity index is 2.28. The highest BCUT2D eigenvalue weighted by Crippen LogP contribution is 2.44. The highest BCUT2D eigenvalue weighted by Gasteiger charge is 2.24. The summed E-state index contributed by atoms with van der Waals surface area (Å²) in [5.41, 5.74) is 0. The molecule has 1 atom stereocenters. The van der Waals surface area contributed by atoms with Gasteiger partial charge < -0.3 is 4.89 Å².